The first-order valence-electron chi connectivity index (χ1n) is 11.8. The van der Waals surface area contributed by atoms with E-state index in [9.17, 15) is 18.0 Å². The number of piperidine rings is 1. The highest BCUT2D eigenvalue weighted by Gasteiger charge is 2.40. The van der Waals surface area contributed by atoms with Crippen molar-refractivity contribution in [1.82, 2.24) is 14.5 Å². The number of nitrogens with zero attached hydrogens (tertiary/aromatic N) is 2. The van der Waals surface area contributed by atoms with Gasteiger partial charge in [0.05, 0.1) is 4.90 Å². The normalized spacial score (nSPS) is 20.3. The van der Waals surface area contributed by atoms with Crippen LogP contribution < -0.4 is 5.32 Å². The maximum Gasteiger partial charge on any atom is 0.247 e. The van der Waals surface area contributed by atoms with Crippen molar-refractivity contribution in [2.24, 2.45) is 5.92 Å². The number of sulfonamides is 1. The molecule has 2 aliphatic heterocycles. The van der Waals surface area contributed by atoms with Crippen LogP contribution in [0.1, 0.15) is 46.7 Å². The Morgan fingerprint density at radius 3 is 2.12 bits per heavy atom. The van der Waals surface area contributed by atoms with Crippen LogP contribution in [-0.2, 0) is 19.6 Å². The van der Waals surface area contributed by atoms with Crippen molar-refractivity contribution in [1.29, 1.82) is 0 Å². The van der Waals surface area contributed by atoms with E-state index in [1.54, 1.807) is 4.90 Å². The van der Waals surface area contributed by atoms with E-state index >= 15 is 0 Å². The zero-order valence-corrected chi connectivity index (χ0v) is 21.1. The van der Waals surface area contributed by atoms with Crippen molar-refractivity contribution in [3.63, 3.8) is 0 Å². The van der Waals surface area contributed by atoms with E-state index < -0.39 is 16.1 Å². The lowest BCUT2D eigenvalue weighted by Gasteiger charge is -2.39. The molecule has 2 aromatic carbocycles. The highest BCUT2D eigenvalue weighted by atomic mass is 32.2. The molecule has 0 bridgehead atoms. The van der Waals surface area contributed by atoms with Crippen LogP contribution in [0.5, 0.6) is 0 Å². The summed E-state index contributed by atoms with van der Waals surface area (Å²) in [5.74, 6) is -0.545. The summed E-state index contributed by atoms with van der Waals surface area (Å²) in [7, 11) is -3.66. The third-order valence-electron chi connectivity index (χ3n) is 7.31. The van der Waals surface area contributed by atoms with E-state index in [1.807, 2.05) is 64.1 Å². The molecule has 1 atom stereocenters. The number of carbonyl (C=O) groups excluding carboxylic acids is 2. The van der Waals surface area contributed by atoms with Gasteiger partial charge in [0.1, 0.15) is 6.04 Å². The summed E-state index contributed by atoms with van der Waals surface area (Å²) in [4.78, 5) is 28.2. The Balaban J connectivity index is 1.52. The Bertz CT molecular complexity index is 1180. The minimum absolute atomic E-state index is 0.0699. The highest BCUT2D eigenvalue weighted by Crippen LogP contribution is 2.33. The maximum absolute atomic E-state index is 13.6. The second-order valence-electron chi connectivity index (χ2n) is 9.40. The van der Waals surface area contributed by atoms with E-state index in [4.69, 9.17) is 0 Å². The Morgan fingerprint density at radius 2 is 1.53 bits per heavy atom. The summed E-state index contributed by atoms with van der Waals surface area (Å²) in [5.41, 5.74) is 4.27. The molecule has 4 rings (SSSR count). The molecule has 2 amide bonds. The molecule has 2 fully saturated rings. The molecule has 34 heavy (non-hydrogen) atoms. The van der Waals surface area contributed by atoms with Gasteiger partial charge < -0.3 is 10.2 Å². The molecule has 0 aromatic heterocycles. The average Bonchev–Trinajstić information content (AvgIpc) is 2.83. The van der Waals surface area contributed by atoms with Gasteiger partial charge in [-0.2, -0.15) is 4.31 Å². The SMILES string of the molecule is Cc1cc(C)c(C)c(S(=O)(=O)N2CCC(C(=O)N3CCNC(=O)[C@H]3c3ccccc3)CC2)c1C. The minimum Gasteiger partial charge on any atom is -0.352 e. The number of hydrogen-bond donors (Lipinski definition) is 1. The number of hydrogen-bond acceptors (Lipinski definition) is 4. The second-order valence-corrected chi connectivity index (χ2v) is 11.3. The molecule has 182 valence electrons. The molecule has 7 nitrogen and oxygen atoms in total. The lowest BCUT2D eigenvalue weighted by atomic mass is 9.94. The summed E-state index contributed by atoms with van der Waals surface area (Å²) in [6, 6.07) is 10.7. The van der Waals surface area contributed by atoms with Gasteiger partial charge in [0, 0.05) is 32.1 Å². The van der Waals surface area contributed by atoms with Crippen molar-refractivity contribution in [3.8, 4) is 0 Å². The monoisotopic (exact) mass is 483 g/mol. The molecule has 0 spiro atoms. The minimum atomic E-state index is -3.66. The van der Waals surface area contributed by atoms with Crippen molar-refractivity contribution in [3.05, 3.63) is 64.2 Å². The molecule has 0 unspecified atom stereocenters. The quantitative estimate of drug-likeness (QED) is 0.724. The smallest absolute Gasteiger partial charge is 0.247 e. The van der Waals surface area contributed by atoms with Crippen LogP contribution in [0.15, 0.2) is 41.3 Å². The van der Waals surface area contributed by atoms with Gasteiger partial charge in [0.2, 0.25) is 21.8 Å². The Morgan fingerprint density at radius 1 is 0.941 bits per heavy atom. The van der Waals surface area contributed by atoms with Gasteiger partial charge in [-0.15, -0.1) is 0 Å². The number of nitrogens with one attached hydrogen (secondary N) is 1. The van der Waals surface area contributed by atoms with Gasteiger partial charge in [-0.1, -0.05) is 36.4 Å². The van der Waals surface area contributed by atoms with Crippen LogP contribution in [0, 0.1) is 33.6 Å². The van der Waals surface area contributed by atoms with E-state index in [1.165, 1.54) is 4.31 Å². The number of rotatable bonds is 4. The summed E-state index contributed by atoms with van der Waals surface area (Å²) in [6.45, 7) is 9.04. The van der Waals surface area contributed by atoms with Crippen molar-refractivity contribution in [2.75, 3.05) is 26.2 Å². The molecule has 2 heterocycles. The zero-order chi connectivity index (χ0) is 24.6. The van der Waals surface area contributed by atoms with Crippen LogP contribution in [0.4, 0.5) is 0 Å². The molecule has 0 radical (unpaired) electrons. The van der Waals surface area contributed by atoms with E-state index in [0.29, 0.717) is 43.9 Å². The fourth-order valence-electron chi connectivity index (χ4n) is 5.15. The van der Waals surface area contributed by atoms with Crippen LogP contribution in [0.3, 0.4) is 0 Å². The summed E-state index contributed by atoms with van der Waals surface area (Å²) in [6.07, 6.45) is 0.890. The van der Waals surface area contributed by atoms with E-state index in [0.717, 1.165) is 27.8 Å². The fraction of sp³-hybridized carbons (Fsp3) is 0.462. The fourth-order valence-corrected chi connectivity index (χ4v) is 7.19. The standard InChI is InChI=1S/C26H33N3O4S/c1-17-16-18(2)20(4)24(19(17)3)34(32,33)28-13-10-22(11-14-28)26(31)29-15-12-27-25(30)23(29)21-8-6-5-7-9-21/h5-9,16,22-23H,10-15H2,1-4H3,(H,27,30)/t23-/m1/s1. The summed E-state index contributed by atoms with van der Waals surface area (Å²) in [5, 5.41) is 2.86. The Labute approximate surface area is 202 Å². The van der Waals surface area contributed by atoms with Crippen LogP contribution in [0.2, 0.25) is 0 Å². The van der Waals surface area contributed by atoms with E-state index in [-0.39, 0.29) is 17.7 Å². The van der Waals surface area contributed by atoms with Crippen LogP contribution in [-0.4, -0.2) is 55.6 Å². The molecule has 0 saturated carbocycles. The lowest BCUT2D eigenvalue weighted by molar-refractivity contribution is -0.147. The van der Waals surface area contributed by atoms with Gasteiger partial charge in [0.25, 0.3) is 0 Å². The zero-order valence-electron chi connectivity index (χ0n) is 20.3. The third-order valence-corrected chi connectivity index (χ3v) is 9.48. The average molecular weight is 484 g/mol. The van der Waals surface area contributed by atoms with Gasteiger partial charge in [-0.05, 0) is 68.4 Å². The summed E-state index contributed by atoms with van der Waals surface area (Å²) < 4.78 is 28.7. The predicted octanol–water partition coefficient (Wildman–Crippen LogP) is 3.02. The largest absolute Gasteiger partial charge is 0.352 e. The van der Waals surface area contributed by atoms with Gasteiger partial charge >= 0.3 is 0 Å². The molecule has 8 heteroatoms. The molecule has 1 N–H and O–H groups in total. The molecule has 0 aliphatic carbocycles. The highest BCUT2D eigenvalue weighted by molar-refractivity contribution is 7.89. The first kappa shape index (κ1) is 24.4. The van der Waals surface area contributed by atoms with Gasteiger partial charge in [0.15, 0.2) is 0 Å². The number of carbonyl (C=O) groups is 2. The first-order chi connectivity index (χ1) is 16.1. The van der Waals surface area contributed by atoms with Crippen LogP contribution in [0.25, 0.3) is 0 Å². The van der Waals surface area contributed by atoms with Crippen molar-refractivity contribution in [2.45, 2.75) is 51.5 Å². The Kier molecular flexibility index (Phi) is 6.82. The molecular formula is C26H33N3O4S. The van der Waals surface area contributed by atoms with Crippen molar-refractivity contribution >= 4 is 21.8 Å². The number of piperazine rings is 1. The molecule has 2 aromatic rings. The van der Waals surface area contributed by atoms with Gasteiger partial charge in [-0.25, -0.2) is 8.42 Å². The number of aryl methyl sites for hydroxylation is 2. The van der Waals surface area contributed by atoms with Crippen molar-refractivity contribution < 1.29 is 18.0 Å². The topological polar surface area (TPSA) is 86.8 Å². The molecular weight excluding hydrogens is 450 g/mol. The molecule has 2 aliphatic rings. The third kappa shape index (κ3) is 4.36. The Hall–Kier alpha value is -2.71. The number of benzene rings is 2. The maximum atomic E-state index is 13.6. The van der Waals surface area contributed by atoms with E-state index in [2.05, 4.69) is 5.32 Å². The second kappa shape index (κ2) is 9.50. The number of amides is 2. The summed E-state index contributed by atoms with van der Waals surface area (Å²) >= 11 is 0. The lowest BCUT2D eigenvalue weighted by Crippen LogP contribution is -2.54. The van der Waals surface area contributed by atoms with Crippen LogP contribution >= 0.6 is 0 Å². The first-order valence-corrected chi connectivity index (χ1v) is 13.3. The predicted molar refractivity (Wildman–Crippen MR) is 131 cm³/mol. The molecule has 2 saturated heterocycles. The van der Waals surface area contributed by atoms with Gasteiger partial charge in [-0.3, -0.25) is 9.59 Å².